The first-order valence-corrected chi connectivity index (χ1v) is 9.01. The summed E-state index contributed by atoms with van der Waals surface area (Å²) >= 11 is 0. The van der Waals surface area contributed by atoms with Crippen molar-refractivity contribution in [2.24, 2.45) is 4.99 Å². The van der Waals surface area contributed by atoms with Crippen LogP contribution in [0.2, 0.25) is 0 Å². The third-order valence-electron chi connectivity index (χ3n) is 4.15. The predicted molar refractivity (Wildman–Crippen MR) is 113 cm³/mol. The van der Waals surface area contributed by atoms with Gasteiger partial charge in [-0.1, -0.05) is 0 Å². The molecule has 1 unspecified atom stereocenters. The molecule has 1 aromatic rings. The van der Waals surface area contributed by atoms with Gasteiger partial charge in [0, 0.05) is 40.2 Å². The molecule has 0 saturated carbocycles. The number of likely N-dealkylation sites (N-methyl/N-ethyl adjacent to an activating group) is 1. The molecule has 8 heteroatoms. The molecule has 1 aliphatic rings. The number of carbonyl (C=O) groups is 1. The van der Waals surface area contributed by atoms with Gasteiger partial charge in [-0.05, 0) is 37.8 Å². The van der Waals surface area contributed by atoms with E-state index >= 15 is 0 Å². The molecule has 0 bridgehead atoms. The van der Waals surface area contributed by atoms with E-state index in [0.29, 0.717) is 18.6 Å². The molecular weight excluding hydrogens is 447 g/mol. The fourth-order valence-electron chi connectivity index (χ4n) is 2.61. The number of ether oxygens (including phenoxy) is 1. The number of rotatable bonds is 8. The maximum Gasteiger partial charge on any atom is 0.243 e. The van der Waals surface area contributed by atoms with Crippen molar-refractivity contribution in [1.82, 2.24) is 15.5 Å². The van der Waals surface area contributed by atoms with Crippen molar-refractivity contribution in [2.45, 2.75) is 38.2 Å². The molecule has 26 heavy (non-hydrogen) atoms. The van der Waals surface area contributed by atoms with E-state index in [0.717, 1.165) is 44.6 Å². The number of hydrogen-bond donors (Lipinski definition) is 2. The number of carbonyl (C=O) groups excluding carboxylic acids is 1. The zero-order valence-corrected chi connectivity index (χ0v) is 18.0. The van der Waals surface area contributed by atoms with E-state index < -0.39 is 0 Å². The average Bonchev–Trinajstić information content (AvgIpc) is 3.13. The molecule has 2 N–H and O–H groups in total. The van der Waals surface area contributed by atoms with E-state index in [-0.39, 0.29) is 36.4 Å². The van der Waals surface area contributed by atoms with Crippen LogP contribution < -0.4 is 10.6 Å². The number of nitrogens with zero attached hydrogens (tertiary/aromatic N) is 2. The summed E-state index contributed by atoms with van der Waals surface area (Å²) in [6.45, 7) is 2.45. The van der Waals surface area contributed by atoms with Gasteiger partial charge in [0.1, 0.15) is 12.3 Å². The minimum absolute atomic E-state index is 0. The second-order valence-corrected chi connectivity index (χ2v) is 6.41. The molecule has 1 aliphatic heterocycles. The highest BCUT2D eigenvalue weighted by atomic mass is 127. The third kappa shape index (κ3) is 8.88. The van der Waals surface area contributed by atoms with Crippen LogP contribution in [0.15, 0.2) is 27.8 Å². The van der Waals surface area contributed by atoms with Gasteiger partial charge in [-0.2, -0.15) is 0 Å². The number of hydrogen-bond acceptors (Lipinski definition) is 4. The van der Waals surface area contributed by atoms with Crippen molar-refractivity contribution >= 4 is 35.8 Å². The molecule has 1 fully saturated rings. The lowest BCUT2D eigenvalue weighted by molar-refractivity contribution is -0.127. The second-order valence-electron chi connectivity index (χ2n) is 6.41. The zero-order chi connectivity index (χ0) is 17.9. The smallest absolute Gasteiger partial charge is 0.243 e. The van der Waals surface area contributed by atoms with E-state index in [2.05, 4.69) is 15.6 Å². The number of aliphatic imine (C=N–C) groups is 1. The Morgan fingerprint density at radius 2 is 2.12 bits per heavy atom. The SMILES string of the molecule is CN(C)C(=O)CN=C(NCCc1ccco1)NCCC1CCCCO1.I. The maximum absolute atomic E-state index is 11.8. The quantitative estimate of drug-likeness (QED) is 0.340. The van der Waals surface area contributed by atoms with E-state index in [1.54, 1.807) is 25.3 Å². The van der Waals surface area contributed by atoms with Crippen LogP contribution in [0.25, 0.3) is 0 Å². The summed E-state index contributed by atoms with van der Waals surface area (Å²) in [5, 5.41) is 6.56. The van der Waals surface area contributed by atoms with Gasteiger partial charge in [0.05, 0.1) is 12.4 Å². The summed E-state index contributed by atoms with van der Waals surface area (Å²) in [5.41, 5.74) is 0. The summed E-state index contributed by atoms with van der Waals surface area (Å²) in [7, 11) is 3.46. The Hall–Kier alpha value is -1.29. The van der Waals surface area contributed by atoms with E-state index in [9.17, 15) is 4.79 Å². The van der Waals surface area contributed by atoms with Crippen LogP contribution in [-0.2, 0) is 16.0 Å². The van der Waals surface area contributed by atoms with Crippen molar-refractivity contribution < 1.29 is 13.9 Å². The number of halogens is 1. The highest BCUT2D eigenvalue weighted by molar-refractivity contribution is 14.0. The van der Waals surface area contributed by atoms with E-state index in [1.165, 1.54) is 6.42 Å². The van der Waals surface area contributed by atoms with Crippen LogP contribution in [0.4, 0.5) is 0 Å². The zero-order valence-electron chi connectivity index (χ0n) is 15.7. The highest BCUT2D eigenvalue weighted by Gasteiger charge is 2.13. The van der Waals surface area contributed by atoms with Gasteiger partial charge in [-0.15, -0.1) is 24.0 Å². The first kappa shape index (κ1) is 22.8. The van der Waals surface area contributed by atoms with E-state index in [4.69, 9.17) is 9.15 Å². The summed E-state index contributed by atoms with van der Waals surface area (Å²) in [6, 6.07) is 3.82. The topological polar surface area (TPSA) is 79.1 Å². The monoisotopic (exact) mass is 478 g/mol. The molecule has 2 heterocycles. The normalized spacial score (nSPS) is 17.3. The van der Waals surface area contributed by atoms with Crippen molar-refractivity contribution in [3.63, 3.8) is 0 Å². The molecule has 0 aliphatic carbocycles. The fourth-order valence-corrected chi connectivity index (χ4v) is 2.61. The molecule has 1 amide bonds. The molecule has 1 saturated heterocycles. The molecular formula is C18H31IN4O3. The molecule has 1 aromatic heterocycles. The summed E-state index contributed by atoms with van der Waals surface area (Å²) < 4.78 is 11.1. The van der Waals surface area contributed by atoms with E-state index in [1.807, 2.05) is 12.1 Å². The summed E-state index contributed by atoms with van der Waals surface area (Å²) in [5.74, 6) is 1.55. The van der Waals surface area contributed by atoms with Crippen molar-refractivity contribution in [3.8, 4) is 0 Å². The lowest BCUT2D eigenvalue weighted by Crippen LogP contribution is -2.41. The van der Waals surface area contributed by atoms with Crippen molar-refractivity contribution in [3.05, 3.63) is 24.2 Å². The van der Waals surface area contributed by atoms with Gasteiger partial charge in [0.25, 0.3) is 0 Å². The molecule has 0 aromatic carbocycles. The van der Waals surface area contributed by atoms with Crippen molar-refractivity contribution in [2.75, 3.05) is 40.3 Å². The summed E-state index contributed by atoms with van der Waals surface area (Å²) in [4.78, 5) is 17.7. The number of furan rings is 1. The minimum Gasteiger partial charge on any atom is -0.469 e. The van der Waals surface area contributed by atoms with Crippen LogP contribution in [0.1, 0.15) is 31.4 Å². The predicted octanol–water partition coefficient (Wildman–Crippen LogP) is 2.02. The number of nitrogens with one attached hydrogen (secondary N) is 2. The number of guanidine groups is 1. The van der Waals surface area contributed by atoms with Crippen LogP contribution in [0.3, 0.4) is 0 Å². The Bertz CT molecular complexity index is 529. The number of amides is 1. The Balaban J connectivity index is 0.00000338. The fraction of sp³-hybridized carbons (Fsp3) is 0.667. The lowest BCUT2D eigenvalue weighted by atomic mass is 10.1. The van der Waals surface area contributed by atoms with Gasteiger partial charge in [0.2, 0.25) is 5.91 Å². The maximum atomic E-state index is 11.8. The standard InChI is InChI=1S/C18H30N4O3.HI/c1-22(2)17(23)14-21-18(20-11-9-16-7-5-13-25-16)19-10-8-15-6-3-4-12-24-15;/h5,7,13,15H,3-4,6,8-12,14H2,1-2H3,(H2,19,20,21);1H. The van der Waals surface area contributed by atoms with Gasteiger partial charge >= 0.3 is 0 Å². The molecule has 148 valence electrons. The first-order chi connectivity index (χ1) is 12.1. The molecule has 7 nitrogen and oxygen atoms in total. The lowest BCUT2D eigenvalue weighted by Gasteiger charge is -2.23. The molecule has 0 radical (unpaired) electrons. The summed E-state index contributed by atoms with van der Waals surface area (Å²) in [6.07, 6.45) is 7.24. The van der Waals surface area contributed by atoms with Crippen LogP contribution >= 0.6 is 24.0 Å². The first-order valence-electron chi connectivity index (χ1n) is 9.01. The molecule has 0 spiro atoms. The largest absolute Gasteiger partial charge is 0.469 e. The Morgan fingerprint density at radius 1 is 1.31 bits per heavy atom. The van der Waals surface area contributed by atoms with Gasteiger partial charge in [0.15, 0.2) is 5.96 Å². The highest BCUT2D eigenvalue weighted by Crippen LogP contribution is 2.14. The minimum atomic E-state index is -0.0252. The van der Waals surface area contributed by atoms with Gasteiger partial charge in [-0.3, -0.25) is 4.79 Å². The second kappa shape index (κ2) is 13.0. The average molecular weight is 478 g/mol. The van der Waals surface area contributed by atoms with Crippen LogP contribution in [0.5, 0.6) is 0 Å². The Labute approximate surface area is 173 Å². The Kier molecular flexibility index (Phi) is 11.3. The molecule has 2 rings (SSSR count). The van der Waals surface area contributed by atoms with Gasteiger partial charge < -0.3 is 24.7 Å². The van der Waals surface area contributed by atoms with Crippen LogP contribution in [0, 0.1) is 0 Å². The Morgan fingerprint density at radius 3 is 2.77 bits per heavy atom. The van der Waals surface area contributed by atoms with Gasteiger partial charge in [-0.25, -0.2) is 4.99 Å². The third-order valence-corrected chi connectivity index (χ3v) is 4.15. The van der Waals surface area contributed by atoms with Crippen LogP contribution in [-0.4, -0.2) is 63.2 Å². The molecule has 1 atom stereocenters. The van der Waals surface area contributed by atoms with Crippen molar-refractivity contribution in [1.29, 1.82) is 0 Å².